The number of fused-ring (bicyclic) bond motifs is 1. The van der Waals surface area contributed by atoms with Gasteiger partial charge in [-0.3, -0.25) is 0 Å². The Morgan fingerprint density at radius 2 is 0.889 bits per heavy atom. The van der Waals surface area contributed by atoms with E-state index in [4.69, 9.17) is 11.6 Å². The second-order valence-electron chi connectivity index (χ2n) is 4.07. The van der Waals surface area contributed by atoms with E-state index in [9.17, 15) is 56.2 Å². The van der Waals surface area contributed by atoms with Gasteiger partial charge in [-0.05, 0) is 11.5 Å². The van der Waals surface area contributed by atoms with Crippen LogP contribution < -0.4 is 0 Å². The highest BCUT2D eigenvalue weighted by atomic mass is 35.5. The Kier molecular flexibility index (Phi) is 11.4. The molecule has 0 saturated carbocycles. The van der Waals surface area contributed by atoms with Gasteiger partial charge in [-0.15, -0.1) is 0 Å². The van der Waals surface area contributed by atoms with E-state index < -0.39 is 21.8 Å². The molecule has 0 N–H and O–H groups in total. The van der Waals surface area contributed by atoms with Crippen LogP contribution in [0.3, 0.4) is 0 Å². The van der Waals surface area contributed by atoms with Crippen molar-refractivity contribution in [2.45, 2.75) is 0 Å². The number of hydrogen-bond donors (Lipinski definition) is 0. The quantitative estimate of drug-likeness (QED) is 0.293. The lowest BCUT2D eigenvalue weighted by Crippen LogP contribution is -2.02. The predicted molar refractivity (Wildman–Crippen MR) is 79.5 cm³/mol. The molecular formula is C10H6B3ClF13-3. The highest BCUT2D eigenvalue weighted by molar-refractivity contribution is 6.50. The monoisotopic (exact) mass is 441 g/mol. The van der Waals surface area contributed by atoms with Gasteiger partial charge in [-0.2, -0.15) is 0 Å². The highest BCUT2D eigenvalue weighted by Crippen LogP contribution is 2.25. The van der Waals surface area contributed by atoms with E-state index in [0.29, 0.717) is 0 Å². The summed E-state index contributed by atoms with van der Waals surface area (Å²) < 4.78 is 130. The van der Waals surface area contributed by atoms with Crippen molar-refractivity contribution in [3.05, 3.63) is 47.2 Å². The molecule has 0 radical (unpaired) electrons. The zero-order chi connectivity index (χ0) is 22.1. The average molecular weight is 441 g/mol. The molecule has 0 aliphatic carbocycles. The number of rotatable bonds is 0. The van der Waals surface area contributed by atoms with Crippen LogP contribution in [-0.2, 0) is 0 Å². The Labute approximate surface area is 148 Å². The largest absolute Gasteiger partial charge is 0.673 e. The minimum Gasteiger partial charge on any atom is -0.418 e. The first kappa shape index (κ1) is 27.5. The van der Waals surface area contributed by atoms with Gasteiger partial charge in [0.15, 0.2) is 0 Å². The van der Waals surface area contributed by atoms with Crippen LogP contribution in [-0.4, -0.2) is 21.8 Å². The fourth-order valence-electron chi connectivity index (χ4n) is 1.21. The van der Waals surface area contributed by atoms with E-state index in [-0.39, 0.29) is 10.8 Å². The Bertz CT molecular complexity index is 636. The maximum absolute atomic E-state index is 12.9. The Hall–Kier alpha value is -1.73. The summed E-state index contributed by atoms with van der Waals surface area (Å²) in [6, 6.07) is 10.5. The van der Waals surface area contributed by atoms with Crippen molar-refractivity contribution in [1.82, 2.24) is 0 Å². The molecule has 0 amide bonds. The lowest BCUT2D eigenvalue weighted by Gasteiger charge is -1.99. The van der Waals surface area contributed by atoms with Gasteiger partial charge in [-0.1, -0.05) is 41.9 Å². The molecule has 27 heavy (non-hydrogen) atoms. The Morgan fingerprint density at radius 1 is 0.556 bits per heavy atom. The lowest BCUT2D eigenvalue weighted by molar-refractivity contribution is 0.366. The molecular weight excluding hydrogens is 435 g/mol. The first-order valence-electron chi connectivity index (χ1n) is 6.23. The van der Waals surface area contributed by atoms with Gasteiger partial charge in [0.2, 0.25) is 0 Å². The van der Waals surface area contributed by atoms with Crippen LogP contribution >= 0.6 is 11.6 Å². The van der Waals surface area contributed by atoms with E-state index in [2.05, 4.69) is 0 Å². The molecule has 0 aromatic heterocycles. The summed E-state index contributed by atoms with van der Waals surface area (Å²) in [5, 5.41) is 1.93. The number of halogens is 14. The van der Waals surface area contributed by atoms with Gasteiger partial charge in [0.1, 0.15) is 5.82 Å². The van der Waals surface area contributed by atoms with Crippen molar-refractivity contribution in [3.63, 3.8) is 0 Å². The van der Waals surface area contributed by atoms with Crippen molar-refractivity contribution >= 4 is 44.1 Å². The standard InChI is InChI=1S/C10H6ClF.3BF4/c11-10-8-4-2-1-3-7(8)5-6-9(10)12;3*2-1(3,4)5/h1-6H;;;/q;3*-1. The molecule has 0 nitrogen and oxygen atoms in total. The summed E-state index contributed by atoms with van der Waals surface area (Å²) in [6.45, 7) is 0. The average Bonchev–Trinajstić information content (AvgIpc) is 2.38. The molecule has 0 aliphatic heterocycles. The van der Waals surface area contributed by atoms with Crippen LogP contribution in [0.1, 0.15) is 0 Å². The van der Waals surface area contributed by atoms with Crippen molar-refractivity contribution < 1.29 is 56.2 Å². The second kappa shape index (κ2) is 11.2. The molecule has 156 valence electrons. The van der Waals surface area contributed by atoms with E-state index in [0.717, 1.165) is 10.8 Å². The predicted octanol–water partition coefficient (Wildman–Crippen LogP) is 7.53. The van der Waals surface area contributed by atoms with Gasteiger partial charge in [0.05, 0.1) is 5.02 Å². The van der Waals surface area contributed by atoms with Crippen molar-refractivity contribution in [3.8, 4) is 0 Å². The van der Waals surface area contributed by atoms with Crippen LogP contribution in [0, 0.1) is 5.82 Å². The summed E-state index contributed by atoms with van der Waals surface area (Å²) in [4.78, 5) is 0. The summed E-state index contributed by atoms with van der Waals surface area (Å²) in [5.74, 6) is -0.365. The summed E-state index contributed by atoms with van der Waals surface area (Å²) >= 11 is 5.75. The van der Waals surface area contributed by atoms with Gasteiger partial charge >= 0.3 is 21.8 Å². The third kappa shape index (κ3) is 24.3. The summed E-state index contributed by atoms with van der Waals surface area (Å²) in [6.07, 6.45) is 0. The second-order valence-corrected chi connectivity index (χ2v) is 4.45. The topological polar surface area (TPSA) is 0 Å². The maximum atomic E-state index is 12.9. The van der Waals surface area contributed by atoms with Crippen molar-refractivity contribution in [1.29, 1.82) is 0 Å². The summed E-state index contributed by atoms with van der Waals surface area (Å²) in [7, 11) is -18.0. The zero-order valence-electron chi connectivity index (χ0n) is 12.5. The zero-order valence-corrected chi connectivity index (χ0v) is 13.2. The molecule has 0 unspecified atom stereocenters. The summed E-state index contributed by atoms with van der Waals surface area (Å²) in [5.41, 5.74) is 0. The van der Waals surface area contributed by atoms with Gasteiger partial charge in [0, 0.05) is 5.39 Å². The minimum atomic E-state index is -6.00. The number of hydrogen-bond acceptors (Lipinski definition) is 0. The molecule has 2 aromatic rings. The molecule has 0 spiro atoms. The first-order chi connectivity index (χ1) is 11.8. The number of benzene rings is 2. The van der Waals surface area contributed by atoms with Crippen molar-refractivity contribution in [2.75, 3.05) is 0 Å². The van der Waals surface area contributed by atoms with Crippen LogP contribution in [0.5, 0.6) is 0 Å². The maximum Gasteiger partial charge on any atom is 0.673 e. The molecule has 17 heteroatoms. The third-order valence-electron chi connectivity index (χ3n) is 1.82. The molecule has 0 fully saturated rings. The molecule has 2 aromatic carbocycles. The van der Waals surface area contributed by atoms with Gasteiger partial charge < -0.3 is 51.8 Å². The van der Waals surface area contributed by atoms with Crippen LogP contribution in [0.2, 0.25) is 5.02 Å². The molecule has 0 bridgehead atoms. The molecule has 0 atom stereocenters. The normalized spacial score (nSPS) is 11.3. The fraction of sp³-hybridized carbons (Fsp3) is 0. The van der Waals surface area contributed by atoms with Crippen LogP contribution in [0.25, 0.3) is 10.8 Å². The lowest BCUT2D eigenvalue weighted by atomic mass is 10.1. The fourth-order valence-corrected chi connectivity index (χ4v) is 1.44. The van der Waals surface area contributed by atoms with Crippen LogP contribution in [0.4, 0.5) is 56.2 Å². The molecule has 0 aliphatic rings. The van der Waals surface area contributed by atoms with E-state index in [1.165, 1.54) is 6.07 Å². The minimum absolute atomic E-state index is 0.202. The Balaban J connectivity index is 0. The Morgan fingerprint density at radius 3 is 1.26 bits per heavy atom. The smallest absolute Gasteiger partial charge is 0.418 e. The van der Waals surface area contributed by atoms with E-state index in [1.54, 1.807) is 12.1 Å². The SMILES string of the molecule is F[B-](F)(F)F.F[B-](F)(F)F.F[B-](F)(F)F.Fc1ccc2ccccc2c1Cl. The van der Waals surface area contributed by atoms with E-state index >= 15 is 0 Å². The molecule has 0 saturated heterocycles. The molecule has 2 rings (SSSR count). The van der Waals surface area contributed by atoms with Gasteiger partial charge in [-0.25, -0.2) is 4.39 Å². The van der Waals surface area contributed by atoms with Crippen molar-refractivity contribution in [2.24, 2.45) is 0 Å². The third-order valence-corrected chi connectivity index (χ3v) is 2.20. The molecule has 0 heterocycles. The van der Waals surface area contributed by atoms with Crippen LogP contribution in [0.15, 0.2) is 36.4 Å². The highest BCUT2D eigenvalue weighted by Gasteiger charge is 2.21. The van der Waals surface area contributed by atoms with Gasteiger partial charge in [0.25, 0.3) is 0 Å². The first-order valence-corrected chi connectivity index (χ1v) is 6.61. The van der Waals surface area contributed by atoms with E-state index in [1.807, 2.05) is 18.2 Å².